The van der Waals surface area contributed by atoms with Crippen LogP contribution in [0.15, 0.2) is 36.4 Å². The van der Waals surface area contributed by atoms with Gasteiger partial charge in [0, 0.05) is 25.7 Å². The molecule has 0 fully saturated rings. The first-order valence-corrected chi connectivity index (χ1v) is 10.4. The number of nitro groups is 1. The fourth-order valence-corrected chi connectivity index (χ4v) is 3.37. The number of methoxy groups -OCH3 is 1. The number of nitrogens with zero attached hydrogens (tertiary/aromatic N) is 2. The van der Waals surface area contributed by atoms with E-state index in [0.29, 0.717) is 22.0 Å². The second-order valence-electron chi connectivity index (χ2n) is 6.69. The van der Waals surface area contributed by atoms with Gasteiger partial charge in [-0.1, -0.05) is 36.2 Å². The van der Waals surface area contributed by atoms with E-state index in [1.807, 2.05) is 0 Å². The molecule has 2 aromatic rings. The van der Waals surface area contributed by atoms with Crippen LogP contribution in [-0.4, -0.2) is 48.4 Å². The number of nitro benzene ring substituents is 1. The number of amides is 2. The minimum atomic E-state index is -0.739. The van der Waals surface area contributed by atoms with Crippen LogP contribution in [0.3, 0.4) is 0 Å². The third kappa shape index (κ3) is 6.24. The fraction of sp³-hybridized carbons (Fsp3) is 0.333. The first-order chi connectivity index (χ1) is 15.2. The van der Waals surface area contributed by atoms with Crippen molar-refractivity contribution < 1.29 is 24.0 Å². The van der Waals surface area contributed by atoms with Crippen molar-refractivity contribution in [1.29, 1.82) is 0 Å². The van der Waals surface area contributed by atoms with Crippen LogP contribution in [0.2, 0.25) is 10.0 Å². The number of hydrogen-bond acceptors (Lipinski definition) is 6. The first kappa shape index (κ1) is 25.2. The Hall–Kier alpha value is -3.04. The van der Waals surface area contributed by atoms with Crippen LogP contribution in [-0.2, 0) is 16.1 Å². The summed E-state index contributed by atoms with van der Waals surface area (Å²) in [6.45, 7) is 1.50. The zero-order valence-electron chi connectivity index (χ0n) is 17.8. The van der Waals surface area contributed by atoms with Crippen LogP contribution < -0.4 is 14.8 Å². The quantitative estimate of drug-likeness (QED) is 0.405. The number of benzene rings is 2. The van der Waals surface area contributed by atoms with Crippen LogP contribution >= 0.6 is 23.2 Å². The van der Waals surface area contributed by atoms with E-state index in [9.17, 15) is 19.7 Å². The van der Waals surface area contributed by atoms with Gasteiger partial charge in [0.15, 0.2) is 6.61 Å². The molecule has 0 heterocycles. The molecule has 1 atom stereocenters. The van der Waals surface area contributed by atoms with Gasteiger partial charge in [0.05, 0.1) is 22.1 Å². The Kier molecular flexibility index (Phi) is 9.10. The molecular weight excluding hydrogens is 461 g/mol. The van der Waals surface area contributed by atoms with Crippen molar-refractivity contribution in [1.82, 2.24) is 10.2 Å². The highest BCUT2D eigenvalue weighted by Gasteiger charge is 2.28. The van der Waals surface area contributed by atoms with Crippen molar-refractivity contribution in [3.05, 3.63) is 62.1 Å². The van der Waals surface area contributed by atoms with E-state index in [2.05, 4.69) is 5.32 Å². The number of likely N-dealkylation sites (N-methyl/N-ethyl adjacent to an activating group) is 1. The molecule has 0 aliphatic carbocycles. The summed E-state index contributed by atoms with van der Waals surface area (Å²) in [6, 6.07) is 8.14. The standard InChI is InChI=1S/C21H23Cl2N3O6/c1-4-17(21(28)24-2)25(11-13-5-7-15(22)16(23)9-13)20(27)12-32-14-6-8-18(26(29)30)19(10-14)31-3/h5-10,17H,4,11-12H2,1-3H3,(H,24,28). The summed E-state index contributed by atoms with van der Waals surface area (Å²) in [5, 5.41) is 14.3. The van der Waals surface area contributed by atoms with Crippen LogP contribution in [0.4, 0.5) is 5.69 Å². The number of hydrogen-bond donors (Lipinski definition) is 1. The zero-order valence-corrected chi connectivity index (χ0v) is 19.3. The van der Waals surface area contributed by atoms with Gasteiger partial charge < -0.3 is 19.7 Å². The lowest BCUT2D eigenvalue weighted by Crippen LogP contribution is -2.49. The van der Waals surface area contributed by atoms with Crippen molar-refractivity contribution in [2.24, 2.45) is 0 Å². The number of ether oxygens (including phenoxy) is 2. The average Bonchev–Trinajstić information content (AvgIpc) is 2.78. The van der Waals surface area contributed by atoms with Gasteiger partial charge in [-0.15, -0.1) is 0 Å². The Morgan fingerprint density at radius 3 is 2.47 bits per heavy atom. The van der Waals surface area contributed by atoms with Gasteiger partial charge in [-0.2, -0.15) is 0 Å². The summed E-state index contributed by atoms with van der Waals surface area (Å²) in [6.07, 6.45) is 0.373. The average molecular weight is 484 g/mol. The van der Waals surface area contributed by atoms with Gasteiger partial charge >= 0.3 is 5.69 Å². The minimum absolute atomic E-state index is 0.00408. The second kappa shape index (κ2) is 11.5. The predicted octanol–water partition coefficient (Wildman–Crippen LogP) is 3.84. The van der Waals surface area contributed by atoms with Crippen LogP contribution in [0, 0.1) is 10.1 Å². The summed E-state index contributed by atoms with van der Waals surface area (Å²) in [5.74, 6) is -0.561. The van der Waals surface area contributed by atoms with E-state index in [1.54, 1.807) is 25.1 Å². The summed E-state index contributed by atoms with van der Waals surface area (Å²) in [4.78, 5) is 37.3. The third-order valence-electron chi connectivity index (χ3n) is 4.68. The Bertz CT molecular complexity index is 1000. The zero-order chi connectivity index (χ0) is 23.8. The summed E-state index contributed by atoms with van der Waals surface area (Å²) in [5.41, 5.74) is 0.463. The molecule has 0 aliphatic heterocycles. The lowest BCUT2D eigenvalue weighted by Gasteiger charge is -2.30. The number of halogens is 2. The van der Waals surface area contributed by atoms with Gasteiger partial charge in [0.1, 0.15) is 11.8 Å². The maximum atomic E-state index is 13.0. The third-order valence-corrected chi connectivity index (χ3v) is 5.42. The van der Waals surface area contributed by atoms with E-state index < -0.39 is 23.5 Å². The maximum Gasteiger partial charge on any atom is 0.311 e. The van der Waals surface area contributed by atoms with Gasteiger partial charge in [-0.05, 0) is 30.2 Å². The summed E-state index contributed by atoms with van der Waals surface area (Å²) >= 11 is 12.1. The van der Waals surface area contributed by atoms with Crippen molar-refractivity contribution in [2.45, 2.75) is 25.9 Å². The van der Waals surface area contributed by atoms with Crippen LogP contribution in [0.1, 0.15) is 18.9 Å². The highest BCUT2D eigenvalue weighted by molar-refractivity contribution is 6.42. The molecule has 32 heavy (non-hydrogen) atoms. The Morgan fingerprint density at radius 2 is 1.91 bits per heavy atom. The van der Waals surface area contributed by atoms with Crippen molar-refractivity contribution in [3.63, 3.8) is 0 Å². The lowest BCUT2D eigenvalue weighted by atomic mass is 10.1. The number of carbonyl (C=O) groups excluding carboxylic acids is 2. The summed E-state index contributed by atoms with van der Waals surface area (Å²) in [7, 11) is 2.79. The number of carbonyl (C=O) groups is 2. The maximum absolute atomic E-state index is 13.0. The largest absolute Gasteiger partial charge is 0.490 e. The Balaban J connectivity index is 2.24. The van der Waals surface area contributed by atoms with Crippen LogP contribution in [0.25, 0.3) is 0 Å². The van der Waals surface area contributed by atoms with E-state index in [-0.39, 0.29) is 29.6 Å². The van der Waals surface area contributed by atoms with E-state index in [0.717, 1.165) is 0 Å². The van der Waals surface area contributed by atoms with Crippen molar-refractivity contribution in [3.8, 4) is 11.5 Å². The second-order valence-corrected chi connectivity index (χ2v) is 7.50. The summed E-state index contributed by atoms with van der Waals surface area (Å²) < 4.78 is 10.6. The molecule has 1 N–H and O–H groups in total. The predicted molar refractivity (Wildman–Crippen MR) is 120 cm³/mol. The van der Waals surface area contributed by atoms with E-state index in [4.69, 9.17) is 32.7 Å². The molecule has 0 aliphatic rings. The topological polar surface area (TPSA) is 111 Å². The Labute approximate surface area is 195 Å². The highest BCUT2D eigenvalue weighted by atomic mass is 35.5. The molecule has 0 saturated heterocycles. The molecule has 0 saturated carbocycles. The van der Waals surface area contributed by atoms with E-state index >= 15 is 0 Å². The van der Waals surface area contributed by atoms with Crippen molar-refractivity contribution in [2.75, 3.05) is 20.8 Å². The first-order valence-electron chi connectivity index (χ1n) is 9.62. The number of rotatable bonds is 10. The monoisotopic (exact) mass is 483 g/mol. The van der Waals surface area contributed by atoms with Gasteiger partial charge in [-0.25, -0.2) is 0 Å². The molecule has 0 bridgehead atoms. The smallest absolute Gasteiger partial charge is 0.311 e. The lowest BCUT2D eigenvalue weighted by molar-refractivity contribution is -0.385. The number of nitrogens with one attached hydrogen (secondary N) is 1. The molecule has 11 heteroatoms. The van der Waals surface area contributed by atoms with Crippen molar-refractivity contribution >= 4 is 40.7 Å². The molecule has 2 aromatic carbocycles. The molecule has 0 aromatic heterocycles. The molecule has 2 amide bonds. The molecule has 1 unspecified atom stereocenters. The van der Waals surface area contributed by atoms with Gasteiger partial charge in [0.25, 0.3) is 5.91 Å². The highest BCUT2D eigenvalue weighted by Crippen LogP contribution is 2.31. The fourth-order valence-electron chi connectivity index (χ4n) is 3.05. The molecule has 0 spiro atoms. The van der Waals surface area contributed by atoms with Gasteiger partial charge in [0.2, 0.25) is 11.7 Å². The molecule has 9 nitrogen and oxygen atoms in total. The Morgan fingerprint density at radius 1 is 1.19 bits per heavy atom. The molecule has 172 valence electrons. The normalized spacial score (nSPS) is 11.4. The van der Waals surface area contributed by atoms with Gasteiger partial charge in [-0.3, -0.25) is 19.7 Å². The molecule has 0 radical (unpaired) electrons. The minimum Gasteiger partial charge on any atom is -0.490 e. The van der Waals surface area contributed by atoms with Crippen LogP contribution in [0.5, 0.6) is 11.5 Å². The SMILES string of the molecule is CCC(C(=O)NC)N(Cc1ccc(Cl)c(Cl)c1)C(=O)COc1ccc([N+](=O)[O-])c(OC)c1. The molecule has 2 rings (SSSR count). The van der Waals surface area contributed by atoms with E-state index in [1.165, 1.54) is 37.3 Å². The molecular formula is C21H23Cl2N3O6.